The largest absolute Gasteiger partial charge is 0.494 e. The summed E-state index contributed by atoms with van der Waals surface area (Å²) in [6.07, 6.45) is 0.940. The lowest BCUT2D eigenvalue weighted by Crippen LogP contribution is -2.24. The highest BCUT2D eigenvalue weighted by molar-refractivity contribution is 5.98. The zero-order valence-corrected chi connectivity index (χ0v) is 15.2. The number of nitrogens with one attached hydrogen (secondary N) is 3. The van der Waals surface area contributed by atoms with Gasteiger partial charge in [-0.15, -0.1) is 0 Å². The number of carbonyl (C=O) groups is 2. The van der Waals surface area contributed by atoms with Gasteiger partial charge in [-0.1, -0.05) is 19.1 Å². The molecule has 0 bridgehead atoms. The van der Waals surface area contributed by atoms with Crippen LogP contribution in [0.5, 0.6) is 5.75 Å². The Balaban J connectivity index is 1.89. The molecule has 0 aromatic heterocycles. The fourth-order valence-electron chi connectivity index (χ4n) is 2.30. The summed E-state index contributed by atoms with van der Waals surface area (Å²) in [6.45, 7) is 5.24. The zero-order valence-electron chi connectivity index (χ0n) is 15.2. The third-order valence-electron chi connectivity index (χ3n) is 3.51. The van der Waals surface area contributed by atoms with Crippen LogP contribution in [0.25, 0.3) is 0 Å². The van der Waals surface area contributed by atoms with E-state index < -0.39 is 0 Å². The summed E-state index contributed by atoms with van der Waals surface area (Å²) in [5.74, 6) is 0.412. The monoisotopic (exact) mass is 355 g/mol. The van der Waals surface area contributed by atoms with Crippen LogP contribution in [-0.4, -0.2) is 31.5 Å². The highest BCUT2D eigenvalue weighted by Crippen LogP contribution is 2.17. The van der Waals surface area contributed by atoms with Crippen LogP contribution in [0.3, 0.4) is 0 Å². The summed E-state index contributed by atoms with van der Waals surface area (Å²) in [6, 6.07) is 14.3. The van der Waals surface area contributed by atoms with E-state index in [1.165, 1.54) is 0 Å². The molecule has 0 fully saturated rings. The van der Waals surface area contributed by atoms with Crippen molar-refractivity contribution in [1.29, 1.82) is 0 Å². The first-order valence-electron chi connectivity index (χ1n) is 8.77. The smallest absolute Gasteiger partial charge is 0.251 e. The molecule has 2 aromatic carbocycles. The van der Waals surface area contributed by atoms with Crippen LogP contribution >= 0.6 is 0 Å². The molecular weight excluding hydrogens is 330 g/mol. The maximum atomic E-state index is 12.1. The van der Waals surface area contributed by atoms with Crippen LogP contribution in [0, 0.1) is 0 Å². The predicted octanol–water partition coefficient (Wildman–Crippen LogP) is 3.28. The third-order valence-corrected chi connectivity index (χ3v) is 3.51. The Hall–Kier alpha value is -3.02. The van der Waals surface area contributed by atoms with E-state index >= 15 is 0 Å². The van der Waals surface area contributed by atoms with Crippen LogP contribution in [0.4, 0.5) is 11.4 Å². The van der Waals surface area contributed by atoms with E-state index in [0.29, 0.717) is 24.4 Å². The Morgan fingerprint density at radius 3 is 2.54 bits per heavy atom. The lowest BCUT2D eigenvalue weighted by molar-refractivity contribution is -0.114. The average molecular weight is 355 g/mol. The van der Waals surface area contributed by atoms with Crippen molar-refractivity contribution < 1.29 is 14.3 Å². The van der Waals surface area contributed by atoms with E-state index in [-0.39, 0.29) is 18.4 Å². The second-order valence-electron chi connectivity index (χ2n) is 5.72. The molecular formula is C20H25N3O3. The van der Waals surface area contributed by atoms with Crippen molar-refractivity contribution in [3.8, 4) is 5.75 Å². The van der Waals surface area contributed by atoms with E-state index in [9.17, 15) is 9.59 Å². The molecule has 0 aliphatic heterocycles. The van der Waals surface area contributed by atoms with Gasteiger partial charge in [-0.2, -0.15) is 0 Å². The molecule has 0 unspecified atom stereocenters. The van der Waals surface area contributed by atoms with E-state index in [1.54, 1.807) is 24.3 Å². The van der Waals surface area contributed by atoms with Gasteiger partial charge in [0.15, 0.2) is 0 Å². The first-order valence-corrected chi connectivity index (χ1v) is 8.77. The molecule has 26 heavy (non-hydrogen) atoms. The van der Waals surface area contributed by atoms with Crippen molar-refractivity contribution in [3.63, 3.8) is 0 Å². The van der Waals surface area contributed by atoms with Crippen LogP contribution in [0.2, 0.25) is 0 Å². The van der Waals surface area contributed by atoms with Gasteiger partial charge in [-0.25, -0.2) is 0 Å². The van der Waals surface area contributed by atoms with Gasteiger partial charge in [0.2, 0.25) is 5.91 Å². The van der Waals surface area contributed by atoms with E-state index in [2.05, 4.69) is 16.0 Å². The molecule has 3 N–H and O–H groups in total. The van der Waals surface area contributed by atoms with E-state index in [4.69, 9.17) is 4.74 Å². The van der Waals surface area contributed by atoms with Crippen molar-refractivity contribution in [1.82, 2.24) is 5.32 Å². The number of hydrogen-bond donors (Lipinski definition) is 3. The molecule has 0 saturated carbocycles. The fraction of sp³-hybridized carbons (Fsp3) is 0.300. The van der Waals surface area contributed by atoms with Crippen molar-refractivity contribution in [3.05, 3.63) is 54.1 Å². The van der Waals surface area contributed by atoms with Crippen LogP contribution in [-0.2, 0) is 4.79 Å². The summed E-state index contributed by atoms with van der Waals surface area (Å²) in [4.78, 5) is 24.0. The Labute approximate surface area is 153 Å². The van der Waals surface area contributed by atoms with Crippen LogP contribution < -0.4 is 20.7 Å². The standard InChI is InChI=1S/C20H25N3O3/c1-3-11-26-18-10-6-8-16(13-18)22-14-19(24)23-17-9-5-7-15(12-17)20(25)21-4-2/h5-10,12-13,22H,3-4,11,14H2,1-2H3,(H,21,25)(H,23,24). The molecule has 2 rings (SSSR count). The van der Waals surface area contributed by atoms with Gasteiger partial charge in [0.1, 0.15) is 5.75 Å². The fourth-order valence-corrected chi connectivity index (χ4v) is 2.30. The number of anilines is 2. The predicted molar refractivity (Wildman–Crippen MR) is 104 cm³/mol. The van der Waals surface area contributed by atoms with Gasteiger partial charge in [-0.3, -0.25) is 9.59 Å². The minimum Gasteiger partial charge on any atom is -0.494 e. The van der Waals surface area contributed by atoms with E-state index in [0.717, 1.165) is 17.9 Å². The molecule has 6 heteroatoms. The number of ether oxygens (including phenoxy) is 1. The van der Waals surface area contributed by atoms with Gasteiger partial charge in [-0.05, 0) is 43.7 Å². The van der Waals surface area contributed by atoms with Crippen LogP contribution in [0.1, 0.15) is 30.6 Å². The Kier molecular flexibility index (Phi) is 7.49. The molecule has 2 aromatic rings. The molecule has 138 valence electrons. The highest BCUT2D eigenvalue weighted by Gasteiger charge is 2.07. The second kappa shape index (κ2) is 10.1. The maximum Gasteiger partial charge on any atom is 0.251 e. The van der Waals surface area contributed by atoms with Gasteiger partial charge in [0.05, 0.1) is 13.2 Å². The summed E-state index contributed by atoms with van der Waals surface area (Å²) in [5.41, 5.74) is 1.91. The number of rotatable bonds is 9. The first-order chi connectivity index (χ1) is 12.6. The van der Waals surface area contributed by atoms with Gasteiger partial charge < -0.3 is 20.7 Å². The summed E-state index contributed by atoms with van der Waals surface area (Å²) >= 11 is 0. The minimum absolute atomic E-state index is 0.114. The maximum absolute atomic E-state index is 12.1. The second-order valence-corrected chi connectivity index (χ2v) is 5.72. The van der Waals surface area contributed by atoms with Crippen molar-refractivity contribution in [2.45, 2.75) is 20.3 Å². The molecule has 0 radical (unpaired) electrons. The number of amides is 2. The molecule has 0 atom stereocenters. The average Bonchev–Trinajstić information content (AvgIpc) is 2.65. The lowest BCUT2D eigenvalue weighted by Gasteiger charge is -2.10. The third kappa shape index (κ3) is 6.12. The topological polar surface area (TPSA) is 79.5 Å². The van der Waals surface area contributed by atoms with Crippen molar-refractivity contribution in [2.75, 3.05) is 30.3 Å². The highest BCUT2D eigenvalue weighted by atomic mass is 16.5. The summed E-state index contributed by atoms with van der Waals surface area (Å²) in [7, 11) is 0. The van der Waals surface area contributed by atoms with Gasteiger partial charge in [0.25, 0.3) is 5.91 Å². The molecule has 0 aliphatic rings. The van der Waals surface area contributed by atoms with Crippen molar-refractivity contribution >= 4 is 23.2 Å². The Morgan fingerprint density at radius 1 is 1.00 bits per heavy atom. The molecule has 0 aliphatic carbocycles. The molecule has 6 nitrogen and oxygen atoms in total. The molecule has 0 saturated heterocycles. The van der Waals surface area contributed by atoms with Crippen LogP contribution in [0.15, 0.2) is 48.5 Å². The first kappa shape index (κ1) is 19.3. The molecule has 2 amide bonds. The van der Waals surface area contributed by atoms with Gasteiger partial charge >= 0.3 is 0 Å². The quantitative estimate of drug-likeness (QED) is 0.645. The Bertz CT molecular complexity index is 747. The molecule has 0 heterocycles. The lowest BCUT2D eigenvalue weighted by atomic mass is 10.2. The summed E-state index contributed by atoms with van der Waals surface area (Å²) in [5, 5.41) is 8.59. The number of benzene rings is 2. The normalized spacial score (nSPS) is 10.1. The minimum atomic E-state index is -0.196. The molecule has 0 spiro atoms. The van der Waals surface area contributed by atoms with Gasteiger partial charge in [0, 0.05) is 29.5 Å². The Morgan fingerprint density at radius 2 is 1.77 bits per heavy atom. The number of carbonyl (C=O) groups excluding carboxylic acids is 2. The SMILES string of the molecule is CCCOc1cccc(NCC(=O)Nc2cccc(C(=O)NCC)c2)c1. The van der Waals surface area contributed by atoms with E-state index in [1.807, 2.05) is 38.1 Å². The number of hydrogen-bond acceptors (Lipinski definition) is 4. The summed E-state index contributed by atoms with van der Waals surface area (Å²) < 4.78 is 5.58. The zero-order chi connectivity index (χ0) is 18.8. The van der Waals surface area contributed by atoms with Crippen molar-refractivity contribution in [2.24, 2.45) is 0 Å².